The van der Waals surface area contributed by atoms with Gasteiger partial charge in [0.05, 0.1) is 17.7 Å². The standard InChI is InChI=1S/C36H37ClFN3O5/c1-5-22-17-30(34(43)39-20-27-10-7-11-29(37)32(27)38)41(21-22)31(42)18-24-15-26-12-13-45-33(26)28(16-24)25-9-6-8-23(14-25)19-40-35(44)46-36(2,3)4/h5-16,22,30H,1,17-21H2,2-4H3,(H,39,43)(H,40,44)/t22-,30+/m1/s1. The van der Waals surface area contributed by atoms with Crippen LogP contribution in [-0.2, 0) is 33.8 Å². The van der Waals surface area contributed by atoms with Crippen molar-refractivity contribution >= 4 is 40.5 Å². The Morgan fingerprint density at radius 3 is 2.61 bits per heavy atom. The molecule has 1 aliphatic rings. The number of amides is 3. The first-order valence-electron chi connectivity index (χ1n) is 15.1. The molecule has 0 bridgehead atoms. The van der Waals surface area contributed by atoms with Gasteiger partial charge in [0.15, 0.2) is 0 Å². The van der Waals surface area contributed by atoms with Crippen LogP contribution >= 0.6 is 11.6 Å². The van der Waals surface area contributed by atoms with Crippen LogP contribution in [0.15, 0.2) is 84.0 Å². The second-order valence-electron chi connectivity index (χ2n) is 12.4. The molecule has 1 saturated heterocycles. The molecule has 10 heteroatoms. The Morgan fingerprint density at radius 2 is 1.85 bits per heavy atom. The Balaban J connectivity index is 1.33. The summed E-state index contributed by atoms with van der Waals surface area (Å²) in [5.74, 6) is -1.20. The number of halogens is 2. The molecule has 0 spiro atoms. The van der Waals surface area contributed by atoms with Gasteiger partial charge in [-0.2, -0.15) is 0 Å². The highest BCUT2D eigenvalue weighted by atomic mass is 35.5. The van der Waals surface area contributed by atoms with E-state index in [1.807, 2.05) is 42.5 Å². The Labute approximate surface area is 272 Å². The van der Waals surface area contributed by atoms with Crippen molar-refractivity contribution in [3.8, 4) is 11.1 Å². The predicted molar refractivity (Wildman–Crippen MR) is 175 cm³/mol. The average Bonchev–Trinajstić information content (AvgIpc) is 3.67. The highest BCUT2D eigenvalue weighted by Crippen LogP contribution is 2.33. The fourth-order valence-corrected chi connectivity index (χ4v) is 5.82. The lowest BCUT2D eigenvalue weighted by Crippen LogP contribution is -2.46. The maximum atomic E-state index is 14.4. The Kier molecular flexibility index (Phi) is 9.82. The van der Waals surface area contributed by atoms with Crippen molar-refractivity contribution in [2.24, 2.45) is 5.92 Å². The van der Waals surface area contributed by atoms with Crippen LogP contribution in [0.25, 0.3) is 22.1 Å². The first-order chi connectivity index (χ1) is 21.9. The molecule has 240 valence electrons. The van der Waals surface area contributed by atoms with E-state index in [-0.39, 0.29) is 47.8 Å². The summed E-state index contributed by atoms with van der Waals surface area (Å²) < 4.78 is 25.6. The molecular weight excluding hydrogens is 609 g/mol. The fourth-order valence-electron chi connectivity index (χ4n) is 5.62. The van der Waals surface area contributed by atoms with Crippen molar-refractivity contribution in [2.45, 2.75) is 58.3 Å². The zero-order valence-electron chi connectivity index (χ0n) is 26.1. The van der Waals surface area contributed by atoms with Gasteiger partial charge >= 0.3 is 6.09 Å². The van der Waals surface area contributed by atoms with Crippen molar-refractivity contribution in [1.82, 2.24) is 15.5 Å². The lowest BCUT2D eigenvalue weighted by atomic mass is 9.97. The summed E-state index contributed by atoms with van der Waals surface area (Å²) in [5.41, 5.74) is 3.62. The third-order valence-electron chi connectivity index (χ3n) is 7.81. The molecule has 8 nitrogen and oxygen atoms in total. The highest BCUT2D eigenvalue weighted by Gasteiger charge is 2.38. The Hall–Kier alpha value is -4.63. The molecule has 3 amide bonds. The van der Waals surface area contributed by atoms with E-state index in [0.717, 1.165) is 27.6 Å². The van der Waals surface area contributed by atoms with Crippen molar-refractivity contribution < 1.29 is 27.9 Å². The summed E-state index contributed by atoms with van der Waals surface area (Å²) in [6, 6.07) is 17.3. The van der Waals surface area contributed by atoms with Gasteiger partial charge in [-0.3, -0.25) is 9.59 Å². The maximum Gasteiger partial charge on any atom is 0.407 e. The summed E-state index contributed by atoms with van der Waals surface area (Å²) >= 11 is 5.89. The summed E-state index contributed by atoms with van der Waals surface area (Å²) in [4.78, 5) is 40.8. The van der Waals surface area contributed by atoms with E-state index in [2.05, 4.69) is 17.2 Å². The van der Waals surface area contributed by atoms with E-state index in [1.165, 1.54) is 6.07 Å². The summed E-state index contributed by atoms with van der Waals surface area (Å²) in [6.07, 6.45) is 3.34. The molecule has 0 unspecified atom stereocenters. The van der Waals surface area contributed by atoms with Crippen LogP contribution in [0, 0.1) is 11.7 Å². The molecule has 3 aromatic carbocycles. The van der Waals surface area contributed by atoms with Crippen LogP contribution in [-0.4, -0.2) is 41.0 Å². The number of benzene rings is 3. The molecule has 0 radical (unpaired) electrons. The minimum absolute atomic E-state index is 0.0192. The van der Waals surface area contributed by atoms with E-state index in [1.54, 1.807) is 50.1 Å². The molecule has 0 saturated carbocycles. The van der Waals surface area contributed by atoms with Crippen molar-refractivity contribution in [3.63, 3.8) is 0 Å². The number of hydrogen-bond acceptors (Lipinski definition) is 5. The molecule has 46 heavy (non-hydrogen) atoms. The zero-order chi connectivity index (χ0) is 33.0. The van der Waals surface area contributed by atoms with E-state index in [4.69, 9.17) is 20.8 Å². The van der Waals surface area contributed by atoms with Crippen LogP contribution in [0.2, 0.25) is 5.02 Å². The third kappa shape index (κ3) is 7.77. The molecule has 2 heterocycles. The number of nitrogens with one attached hydrogen (secondary N) is 2. The normalized spacial score (nSPS) is 16.3. The summed E-state index contributed by atoms with van der Waals surface area (Å²) in [7, 11) is 0. The van der Waals surface area contributed by atoms with Crippen molar-refractivity contribution in [3.05, 3.63) is 107 Å². The van der Waals surface area contributed by atoms with Crippen molar-refractivity contribution in [2.75, 3.05) is 6.54 Å². The molecule has 4 aromatic rings. The van der Waals surface area contributed by atoms with Crippen LogP contribution in [0.4, 0.5) is 9.18 Å². The largest absolute Gasteiger partial charge is 0.464 e. The number of fused-ring (bicyclic) bond motifs is 1. The number of hydrogen-bond donors (Lipinski definition) is 2. The van der Waals surface area contributed by atoms with Gasteiger partial charge in [0.25, 0.3) is 0 Å². The van der Waals surface area contributed by atoms with Crippen LogP contribution in [0.5, 0.6) is 0 Å². The van der Waals surface area contributed by atoms with Gasteiger partial charge in [0.1, 0.15) is 23.0 Å². The maximum absolute atomic E-state index is 14.4. The number of nitrogens with zero attached hydrogens (tertiary/aromatic N) is 1. The minimum atomic E-state index is -0.718. The van der Waals surface area contributed by atoms with Crippen LogP contribution in [0.1, 0.15) is 43.9 Å². The molecule has 1 aromatic heterocycles. The van der Waals surface area contributed by atoms with Gasteiger partial charge in [0.2, 0.25) is 11.8 Å². The van der Waals surface area contributed by atoms with Crippen molar-refractivity contribution in [1.29, 1.82) is 0 Å². The van der Waals surface area contributed by atoms with E-state index in [9.17, 15) is 18.8 Å². The van der Waals surface area contributed by atoms with Gasteiger partial charge in [-0.15, -0.1) is 6.58 Å². The van der Waals surface area contributed by atoms with Crippen LogP contribution < -0.4 is 10.6 Å². The van der Waals surface area contributed by atoms with E-state index >= 15 is 0 Å². The second kappa shape index (κ2) is 13.8. The number of rotatable bonds is 9. The van der Waals surface area contributed by atoms with Gasteiger partial charge in [-0.25, -0.2) is 9.18 Å². The summed E-state index contributed by atoms with van der Waals surface area (Å²) in [6.45, 7) is 9.88. The Morgan fingerprint density at radius 1 is 1.07 bits per heavy atom. The number of carbonyl (C=O) groups is 3. The van der Waals surface area contributed by atoms with E-state index in [0.29, 0.717) is 18.5 Å². The van der Waals surface area contributed by atoms with Gasteiger partial charge in [-0.05, 0) is 80.1 Å². The monoisotopic (exact) mass is 645 g/mol. The average molecular weight is 646 g/mol. The number of ether oxygens (including phenoxy) is 1. The molecule has 2 N–H and O–H groups in total. The SMILES string of the molecule is C=C[C@@H]1C[C@@H](C(=O)NCc2cccc(Cl)c2F)N(C(=O)Cc2cc(-c3cccc(CNC(=O)OC(C)(C)C)c3)c3occc3c2)C1. The topological polar surface area (TPSA) is 101 Å². The molecule has 0 aliphatic carbocycles. The fraction of sp³-hybridized carbons (Fsp3) is 0.306. The first-order valence-corrected chi connectivity index (χ1v) is 15.5. The van der Waals surface area contributed by atoms with Crippen LogP contribution in [0.3, 0.4) is 0 Å². The lowest BCUT2D eigenvalue weighted by molar-refractivity contribution is -0.138. The predicted octanol–water partition coefficient (Wildman–Crippen LogP) is 7.18. The first kappa shape index (κ1) is 32.8. The lowest BCUT2D eigenvalue weighted by Gasteiger charge is -2.24. The van der Waals surface area contributed by atoms with Gasteiger partial charge < -0.3 is 24.7 Å². The van der Waals surface area contributed by atoms with E-state index < -0.39 is 23.6 Å². The minimum Gasteiger partial charge on any atom is -0.464 e. The number of alkyl carbamates (subject to hydrolysis) is 1. The molecule has 1 fully saturated rings. The quantitative estimate of drug-likeness (QED) is 0.188. The number of furan rings is 1. The third-order valence-corrected chi connectivity index (χ3v) is 8.11. The Bertz CT molecular complexity index is 1780. The smallest absolute Gasteiger partial charge is 0.407 e. The van der Waals surface area contributed by atoms with Gasteiger partial charge in [-0.1, -0.05) is 48.0 Å². The molecule has 5 rings (SSSR count). The second-order valence-corrected chi connectivity index (χ2v) is 12.8. The number of carbonyl (C=O) groups excluding carboxylic acids is 3. The zero-order valence-corrected chi connectivity index (χ0v) is 26.8. The molecule has 2 atom stereocenters. The molecular formula is C36H37ClFN3O5. The summed E-state index contributed by atoms with van der Waals surface area (Å²) in [5, 5.41) is 6.37. The number of likely N-dealkylation sites (tertiary alicyclic amines) is 1. The van der Waals surface area contributed by atoms with Gasteiger partial charge in [0, 0.05) is 36.1 Å². The molecule has 1 aliphatic heterocycles. The highest BCUT2D eigenvalue weighted by molar-refractivity contribution is 6.30.